The Balaban J connectivity index is 2.18. The van der Waals surface area contributed by atoms with E-state index < -0.39 is 8.80 Å². The van der Waals surface area contributed by atoms with Crippen molar-refractivity contribution < 1.29 is 0 Å². The van der Waals surface area contributed by atoms with Crippen LogP contribution >= 0.6 is 15.9 Å². The summed E-state index contributed by atoms with van der Waals surface area (Å²) >= 11 is 3.53. The highest BCUT2D eigenvalue weighted by molar-refractivity contribution is 9.09. The van der Waals surface area contributed by atoms with Gasteiger partial charge in [-0.05, 0) is 6.42 Å². The van der Waals surface area contributed by atoms with E-state index in [4.69, 9.17) is 0 Å². The maximum absolute atomic E-state index is 3.53. The lowest BCUT2D eigenvalue weighted by atomic mass is 10.4. The van der Waals surface area contributed by atoms with Crippen molar-refractivity contribution >= 4 is 35.1 Å². The molecule has 0 aliphatic rings. The van der Waals surface area contributed by atoms with Crippen LogP contribution in [0.4, 0.5) is 0 Å². The van der Waals surface area contributed by atoms with E-state index in [-0.39, 0.29) is 0 Å². The molecule has 0 atom stereocenters. The van der Waals surface area contributed by atoms with Crippen molar-refractivity contribution in [3.05, 3.63) is 60.7 Å². The fourth-order valence-electron chi connectivity index (χ4n) is 2.34. The molecule has 0 N–H and O–H groups in total. The number of hydrogen-bond acceptors (Lipinski definition) is 0. The number of rotatable bonds is 6. The second-order valence-corrected chi connectivity index (χ2v) is 8.37. The van der Waals surface area contributed by atoms with Crippen LogP contribution in [0.3, 0.4) is 0 Å². The predicted octanol–water partition coefficient (Wildman–Crippen LogP) is 3.20. The highest BCUT2D eigenvalue weighted by Gasteiger charge is 2.14. The van der Waals surface area contributed by atoms with Gasteiger partial charge in [0.2, 0.25) is 0 Å². The first-order valence-electron chi connectivity index (χ1n) is 6.57. The molecule has 2 rings (SSSR count). The zero-order valence-corrected chi connectivity index (χ0v) is 13.3. The summed E-state index contributed by atoms with van der Waals surface area (Å²) in [5.41, 5.74) is 0. The van der Waals surface area contributed by atoms with Gasteiger partial charge in [-0.25, -0.2) is 0 Å². The Kier molecular flexibility index (Phi) is 5.69. The van der Waals surface area contributed by atoms with E-state index in [2.05, 4.69) is 76.6 Å². The SMILES string of the molecule is BrCCCC[SiH](c1ccccc1)c1ccccc1. The van der Waals surface area contributed by atoms with Crippen LogP contribution in [0.25, 0.3) is 0 Å². The molecule has 0 amide bonds. The van der Waals surface area contributed by atoms with Crippen LogP contribution in [-0.2, 0) is 0 Å². The molecule has 0 aliphatic heterocycles. The molecule has 0 fully saturated rings. The lowest BCUT2D eigenvalue weighted by Crippen LogP contribution is -2.41. The quantitative estimate of drug-likeness (QED) is 0.436. The molecule has 0 radical (unpaired) electrons. The largest absolute Gasteiger partial charge is 0.103 e. The fourth-order valence-corrected chi connectivity index (χ4v) is 5.86. The molecule has 18 heavy (non-hydrogen) atoms. The molecule has 0 bridgehead atoms. The molecule has 0 saturated carbocycles. The van der Waals surface area contributed by atoms with Crippen molar-refractivity contribution in [3.63, 3.8) is 0 Å². The first-order chi connectivity index (χ1) is 8.92. The molecule has 0 saturated heterocycles. The molecule has 0 nitrogen and oxygen atoms in total. The van der Waals surface area contributed by atoms with Crippen LogP contribution in [0.1, 0.15) is 12.8 Å². The number of alkyl halides is 1. The van der Waals surface area contributed by atoms with Crippen LogP contribution in [0.15, 0.2) is 60.7 Å². The Bertz CT molecular complexity index is 402. The molecule has 2 heteroatoms. The van der Waals surface area contributed by atoms with Crippen LogP contribution in [0.2, 0.25) is 6.04 Å². The highest BCUT2D eigenvalue weighted by atomic mass is 79.9. The molecular formula is C16H19BrSi. The summed E-state index contributed by atoms with van der Waals surface area (Å²) in [6, 6.07) is 23.5. The van der Waals surface area contributed by atoms with Gasteiger partial charge in [-0.2, -0.15) is 0 Å². The van der Waals surface area contributed by atoms with Gasteiger partial charge in [0, 0.05) is 5.33 Å². The lowest BCUT2D eigenvalue weighted by molar-refractivity contribution is 0.893. The maximum atomic E-state index is 3.53. The zero-order chi connectivity index (χ0) is 12.6. The third-order valence-corrected chi connectivity index (χ3v) is 7.21. The summed E-state index contributed by atoms with van der Waals surface area (Å²) in [7, 11) is -1.00. The first-order valence-corrected chi connectivity index (χ1v) is 9.67. The third kappa shape index (κ3) is 3.82. The molecule has 2 aromatic carbocycles. The van der Waals surface area contributed by atoms with Crippen molar-refractivity contribution in [1.82, 2.24) is 0 Å². The lowest BCUT2D eigenvalue weighted by Gasteiger charge is -2.16. The average molecular weight is 319 g/mol. The molecule has 0 aliphatic carbocycles. The topological polar surface area (TPSA) is 0 Å². The summed E-state index contributed by atoms with van der Waals surface area (Å²) in [6.07, 6.45) is 2.61. The Morgan fingerprint density at radius 1 is 0.722 bits per heavy atom. The summed E-state index contributed by atoms with van der Waals surface area (Å²) in [6.45, 7) is 0. The molecule has 2 aromatic rings. The fraction of sp³-hybridized carbons (Fsp3) is 0.250. The molecule has 0 aromatic heterocycles. The van der Waals surface area contributed by atoms with E-state index in [0.717, 1.165) is 5.33 Å². The minimum Gasteiger partial charge on any atom is -0.0928 e. The maximum Gasteiger partial charge on any atom is 0.103 e. The second kappa shape index (κ2) is 7.55. The molecule has 0 unspecified atom stereocenters. The van der Waals surface area contributed by atoms with Crippen molar-refractivity contribution in [3.8, 4) is 0 Å². The molecule has 94 valence electrons. The van der Waals surface area contributed by atoms with Gasteiger partial charge in [0.05, 0.1) is 0 Å². The van der Waals surface area contributed by atoms with Crippen molar-refractivity contribution in [2.24, 2.45) is 0 Å². The van der Waals surface area contributed by atoms with E-state index in [1.54, 1.807) is 10.4 Å². The Morgan fingerprint density at radius 2 is 1.22 bits per heavy atom. The first kappa shape index (κ1) is 13.6. The number of halogens is 1. The van der Waals surface area contributed by atoms with Crippen molar-refractivity contribution in [2.75, 3.05) is 5.33 Å². The van der Waals surface area contributed by atoms with Gasteiger partial charge < -0.3 is 0 Å². The predicted molar refractivity (Wildman–Crippen MR) is 87.1 cm³/mol. The third-order valence-electron chi connectivity index (χ3n) is 3.28. The Morgan fingerprint density at radius 3 is 1.67 bits per heavy atom. The molecule has 0 heterocycles. The average Bonchev–Trinajstić information content (AvgIpc) is 2.46. The van der Waals surface area contributed by atoms with Gasteiger partial charge >= 0.3 is 0 Å². The van der Waals surface area contributed by atoms with E-state index in [1.807, 2.05) is 0 Å². The zero-order valence-electron chi connectivity index (χ0n) is 10.6. The monoisotopic (exact) mass is 318 g/mol. The standard InChI is InChI=1S/C16H19BrSi/c17-13-7-8-14-18(15-9-3-1-4-10-15)16-11-5-2-6-12-16/h1-6,9-12,18H,7-8,13-14H2. The highest BCUT2D eigenvalue weighted by Crippen LogP contribution is 2.05. The van der Waals surface area contributed by atoms with Crippen molar-refractivity contribution in [2.45, 2.75) is 18.9 Å². The Hall–Kier alpha value is -0.863. The van der Waals surface area contributed by atoms with E-state index in [0.29, 0.717) is 0 Å². The minimum absolute atomic E-state index is 1.00. The van der Waals surface area contributed by atoms with Crippen LogP contribution in [-0.4, -0.2) is 14.1 Å². The van der Waals surface area contributed by atoms with Crippen molar-refractivity contribution in [1.29, 1.82) is 0 Å². The van der Waals surface area contributed by atoms with Gasteiger partial charge in [-0.1, -0.05) is 99.4 Å². The van der Waals surface area contributed by atoms with Crippen LogP contribution < -0.4 is 10.4 Å². The molecule has 0 spiro atoms. The smallest absolute Gasteiger partial charge is 0.0928 e. The second-order valence-electron chi connectivity index (χ2n) is 4.56. The number of benzene rings is 2. The van der Waals surface area contributed by atoms with Gasteiger partial charge in [0.25, 0.3) is 0 Å². The van der Waals surface area contributed by atoms with Crippen LogP contribution in [0, 0.1) is 0 Å². The van der Waals surface area contributed by atoms with Gasteiger partial charge in [-0.3, -0.25) is 0 Å². The summed E-state index contributed by atoms with van der Waals surface area (Å²) in [5, 5.41) is 4.26. The normalized spacial score (nSPS) is 10.8. The minimum atomic E-state index is -1.00. The number of hydrogen-bond donors (Lipinski definition) is 0. The van der Waals surface area contributed by atoms with Gasteiger partial charge in [-0.15, -0.1) is 0 Å². The van der Waals surface area contributed by atoms with Gasteiger partial charge in [0.1, 0.15) is 8.80 Å². The van der Waals surface area contributed by atoms with Gasteiger partial charge in [0.15, 0.2) is 0 Å². The van der Waals surface area contributed by atoms with E-state index in [1.165, 1.54) is 18.9 Å². The van der Waals surface area contributed by atoms with Crippen LogP contribution in [0.5, 0.6) is 0 Å². The van der Waals surface area contributed by atoms with E-state index >= 15 is 0 Å². The summed E-state index contributed by atoms with van der Waals surface area (Å²) in [4.78, 5) is 0. The Labute approximate surface area is 120 Å². The molecular weight excluding hydrogens is 300 g/mol. The number of unbranched alkanes of at least 4 members (excludes halogenated alkanes) is 1. The summed E-state index contributed by atoms with van der Waals surface area (Å²) in [5.74, 6) is 0. The van der Waals surface area contributed by atoms with E-state index in [9.17, 15) is 0 Å². The summed E-state index contributed by atoms with van der Waals surface area (Å²) < 4.78 is 0.